The van der Waals surface area contributed by atoms with Crippen LogP contribution in [0.25, 0.3) is 0 Å². The highest BCUT2D eigenvalue weighted by Crippen LogP contribution is 2.33. The Morgan fingerprint density at radius 1 is 1.31 bits per heavy atom. The van der Waals surface area contributed by atoms with Crippen LogP contribution in [0.15, 0.2) is 24.3 Å². The van der Waals surface area contributed by atoms with Crippen LogP contribution in [0.5, 0.6) is 0 Å². The minimum atomic E-state index is -1.89. The van der Waals surface area contributed by atoms with Crippen LogP contribution in [-0.2, 0) is 0 Å². The SMILES string of the molecule is CCC(C)c1ccccc1C(=O)C(Cl)(Cl)Cl. The van der Waals surface area contributed by atoms with Crippen molar-refractivity contribution in [3.63, 3.8) is 0 Å². The van der Waals surface area contributed by atoms with E-state index in [0.717, 1.165) is 12.0 Å². The third-order valence-electron chi connectivity index (χ3n) is 2.61. The molecule has 0 aliphatic rings. The Hall–Kier alpha value is -0.240. The van der Waals surface area contributed by atoms with Crippen LogP contribution in [0.3, 0.4) is 0 Å². The van der Waals surface area contributed by atoms with Gasteiger partial charge in [-0.2, -0.15) is 0 Å². The lowest BCUT2D eigenvalue weighted by atomic mass is 9.92. The summed E-state index contributed by atoms with van der Waals surface area (Å²) >= 11 is 16.9. The van der Waals surface area contributed by atoms with E-state index in [1.165, 1.54) is 0 Å². The quantitative estimate of drug-likeness (QED) is 0.576. The van der Waals surface area contributed by atoms with Gasteiger partial charge in [-0.25, -0.2) is 0 Å². The Bertz CT molecular complexity index is 382. The van der Waals surface area contributed by atoms with Gasteiger partial charge in [0.15, 0.2) is 0 Å². The zero-order valence-electron chi connectivity index (χ0n) is 9.14. The molecule has 1 atom stereocenters. The van der Waals surface area contributed by atoms with Crippen LogP contribution in [0.4, 0.5) is 0 Å². The van der Waals surface area contributed by atoms with Crippen LogP contribution < -0.4 is 0 Å². The number of carbonyl (C=O) groups excluding carboxylic acids is 1. The van der Waals surface area contributed by atoms with Gasteiger partial charge in [0.2, 0.25) is 5.78 Å². The first-order valence-electron chi connectivity index (χ1n) is 5.08. The first kappa shape index (κ1) is 13.8. The Labute approximate surface area is 111 Å². The van der Waals surface area contributed by atoms with Crippen molar-refractivity contribution in [1.29, 1.82) is 0 Å². The monoisotopic (exact) mass is 278 g/mol. The Balaban J connectivity index is 3.19. The van der Waals surface area contributed by atoms with E-state index in [9.17, 15) is 4.79 Å². The number of carbonyl (C=O) groups is 1. The zero-order chi connectivity index (χ0) is 12.3. The first-order valence-corrected chi connectivity index (χ1v) is 6.21. The average Bonchev–Trinajstić information content (AvgIpc) is 2.25. The van der Waals surface area contributed by atoms with E-state index in [2.05, 4.69) is 6.92 Å². The number of Topliss-reactive ketones (excluding diaryl/α,β-unsaturated/α-hetero) is 1. The highest BCUT2D eigenvalue weighted by molar-refractivity contribution is 6.77. The minimum Gasteiger partial charge on any atom is -0.289 e. The second-order valence-corrected chi connectivity index (χ2v) is 6.00. The molecule has 0 fully saturated rings. The second-order valence-electron chi connectivity index (χ2n) is 3.72. The van der Waals surface area contributed by atoms with Gasteiger partial charge >= 0.3 is 0 Å². The molecular weight excluding hydrogens is 266 g/mol. The summed E-state index contributed by atoms with van der Waals surface area (Å²) in [4.78, 5) is 11.9. The molecule has 0 aliphatic heterocycles. The van der Waals surface area contributed by atoms with Gasteiger partial charge in [0.1, 0.15) is 0 Å². The minimum absolute atomic E-state index is 0.271. The van der Waals surface area contributed by atoms with Gasteiger partial charge in [-0.1, -0.05) is 72.9 Å². The third kappa shape index (κ3) is 3.13. The molecule has 1 rings (SSSR count). The van der Waals surface area contributed by atoms with Gasteiger partial charge in [-0.3, -0.25) is 4.79 Å². The molecule has 0 radical (unpaired) electrons. The molecule has 1 nitrogen and oxygen atoms in total. The van der Waals surface area contributed by atoms with Crippen LogP contribution in [0, 0.1) is 0 Å². The summed E-state index contributed by atoms with van der Waals surface area (Å²) in [5, 5.41) is 0. The normalized spacial score (nSPS) is 13.6. The maximum absolute atomic E-state index is 11.9. The molecule has 4 heteroatoms. The van der Waals surface area contributed by atoms with E-state index in [4.69, 9.17) is 34.8 Å². The molecular formula is C12H13Cl3O. The molecule has 0 bridgehead atoms. The van der Waals surface area contributed by atoms with E-state index in [1.54, 1.807) is 12.1 Å². The van der Waals surface area contributed by atoms with E-state index >= 15 is 0 Å². The first-order chi connectivity index (χ1) is 7.38. The molecule has 1 aromatic carbocycles. The lowest BCUT2D eigenvalue weighted by molar-refractivity contribution is 0.0995. The van der Waals surface area contributed by atoms with Gasteiger partial charge < -0.3 is 0 Å². The number of alkyl halides is 3. The summed E-state index contributed by atoms with van der Waals surface area (Å²) in [5.41, 5.74) is 1.43. The summed E-state index contributed by atoms with van der Waals surface area (Å²) in [6, 6.07) is 7.26. The average molecular weight is 280 g/mol. The van der Waals surface area contributed by atoms with Gasteiger partial charge in [0, 0.05) is 5.56 Å². The standard InChI is InChI=1S/C12H13Cl3O/c1-3-8(2)9-6-4-5-7-10(9)11(16)12(13,14)15/h4-8H,3H2,1-2H3. The molecule has 88 valence electrons. The summed E-state index contributed by atoms with van der Waals surface area (Å²) in [6.07, 6.45) is 0.935. The number of hydrogen-bond acceptors (Lipinski definition) is 1. The Kier molecular flexibility index (Phi) is 4.66. The van der Waals surface area contributed by atoms with E-state index < -0.39 is 9.58 Å². The van der Waals surface area contributed by atoms with Crippen LogP contribution >= 0.6 is 34.8 Å². The van der Waals surface area contributed by atoms with Gasteiger partial charge in [0.25, 0.3) is 3.79 Å². The van der Waals surface area contributed by atoms with E-state index in [0.29, 0.717) is 5.56 Å². The maximum atomic E-state index is 11.9. The Morgan fingerprint density at radius 2 is 1.88 bits per heavy atom. The topological polar surface area (TPSA) is 17.1 Å². The predicted molar refractivity (Wildman–Crippen MR) is 69.8 cm³/mol. The third-order valence-corrected chi connectivity index (χ3v) is 3.12. The number of hydrogen-bond donors (Lipinski definition) is 0. The number of ketones is 1. The molecule has 1 unspecified atom stereocenters. The lowest BCUT2D eigenvalue weighted by Crippen LogP contribution is -2.21. The fraction of sp³-hybridized carbons (Fsp3) is 0.417. The molecule has 0 heterocycles. The largest absolute Gasteiger partial charge is 0.289 e. The van der Waals surface area contributed by atoms with Gasteiger partial charge in [0.05, 0.1) is 0 Å². The predicted octanol–water partition coefficient (Wildman–Crippen LogP) is 4.75. The lowest BCUT2D eigenvalue weighted by Gasteiger charge is -2.16. The summed E-state index contributed by atoms with van der Waals surface area (Å²) < 4.78 is -1.89. The van der Waals surface area contributed by atoms with E-state index in [-0.39, 0.29) is 5.92 Å². The Morgan fingerprint density at radius 3 is 2.38 bits per heavy atom. The highest BCUT2D eigenvalue weighted by atomic mass is 35.6. The summed E-state index contributed by atoms with van der Waals surface area (Å²) in [6.45, 7) is 4.10. The van der Waals surface area contributed by atoms with Crippen LogP contribution in [0.2, 0.25) is 0 Å². The molecule has 0 N–H and O–H groups in total. The molecule has 0 spiro atoms. The van der Waals surface area contributed by atoms with Crippen molar-refractivity contribution >= 4 is 40.6 Å². The zero-order valence-corrected chi connectivity index (χ0v) is 11.4. The number of benzene rings is 1. The molecule has 0 aliphatic carbocycles. The molecule has 0 saturated heterocycles. The van der Waals surface area contributed by atoms with Crippen molar-refractivity contribution in [2.75, 3.05) is 0 Å². The van der Waals surface area contributed by atoms with Crippen molar-refractivity contribution in [3.05, 3.63) is 35.4 Å². The second kappa shape index (κ2) is 5.39. The molecule has 16 heavy (non-hydrogen) atoms. The molecule has 1 aromatic rings. The molecule has 0 saturated carbocycles. The smallest absolute Gasteiger partial charge is 0.253 e. The van der Waals surface area contributed by atoms with Crippen molar-refractivity contribution in [2.24, 2.45) is 0 Å². The fourth-order valence-electron chi connectivity index (χ4n) is 1.51. The summed E-state index contributed by atoms with van der Waals surface area (Å²) in [5.74, 6) is -0.194. The summed E-state index contributed by atoms with van der Waals surface area (Å²) in [7, 11) is 0. The maximum Gasteiger partial charge on any atom is 0.253 e. The van der Waals surface area contributed by atoms with Gasteiger partial charge in [-0.05, 0) is 17.9 Å². The van der Waals surface area contributed by atoms with Crippen molar-refractivity contribution < 1.29 is 4.79 Å². The van der Waals surface area contributed by atoms with Crippen molar-refractivity contribution in [2.45, 2.75) is 30.0 Å². The number of rotatable bonds is 3. The van der Waals surface area contributed by atoms with Crippen LogP contribution in [0.1, 0.15) is 42.1 Å². The van der Waals surface area contributed by atoms with Crippen LogP contribution in [-0.4, -0.2) is 9.58 Å². The highest BCUT2D eigenvalue weighted by Gasteiger charge is 2.33. The van der Waals surface area contributed by atoms with E-state index in [1.807, 2.05) is 19.1 Å². The number of halogens is 3. The van der Waals surface area contributed by atoms with Crippen molar-refractivity contribution in [1.82, 2.24) is 0 Å². The fourth-order valence-corrected chi connectivity index (χ4v) is 1.81. The molecule has 0 amide bonds. The molecule has 0 aromatic heterocycles. The van der Waals surface area contributed by atoms with Crippen molar-refractivity contribution in [3.8, 4) is 0 Å². The van der Waals surface area contributed by atoms with Gasteiger partial charge in [-0.15, -0.1) is 0 Å².